The maximum Gasteiger partial charge on any atom is 0.334 e. The highest BCUT2D eigenvalue weighted by atomic mass is 16.5. The Bertz CT molecular complexity index is 697. The molecule has 1 aliphatic carbocycles. The van der Waals surface area contributed by atoms with Gasteiger partial charge in [-0.15, -0.1) is 0 Å². The minimum Gasteiger partial charge on any atom is -0.497 e. The second kappa shape index (κ2) is 7.68. The highest BCUT2D eigenvalue weighted by molar-refractivity contribution is 6.01. The largest absolute Gasteiger partial charge is 0.497 e. The van der Waals surface area contributed by atoms with Gasteiger partial charge in [-0.3, -0.25) is 0 Å². The predicted molar refractivity (Wildman–Crippen MR) is 86.6 cm³/mol. The monoisotopic (exact) mass is 332 g/mol. The molecule has 0 heterocycles. The Morgan fingerprint density at radius 2 is 1.33 bits per heavy atom. The van der Waals surface area contributed by atoms with E-state index in [1.165, 1.54) is 14.2 Å². The van der Waals surface area contributed by atoms with Gasteiger partial charge in [-0.1, -0.05) is 0 Å². The van der Waals surface area contributed by atoms with E-state index < -0.39 is 11.9 Å². The summed E-state index contributed by atoms with van der Waals surface area (Å²) in [5, 5.41) is 0. The molecule has 6 nitrogen and oxygen atoms in total. The van der Waals surface area contributed by atoms with Crippen LogP contribution in [0.4, 0.5) is 0 Å². The van der Waals surface area contributed by atoms with E-state index in [-0.39, 0.29) is 18.4 Å². The molecule has 0 bridgehead atoms. The van der Waals surface area contributed by atoms with E-state index in [9.17, 15) is 9.59 Å². The van der Waals surface area contributed by atoms with Gasteiger partial charge in [0.25, 0.3) is 0 Å². The summed E-state index contributed by atoms with van der Waals surface area (Å²) in [5.41, 5.74) is 1.43. The molecule has 6 heteroatoms. The fourth-order valence-electron chi connectivity index (χ4n) is 2.43. The summed E-state index contributed by atoms with van der Waals surface area (Å²) in [6, 6.07) is 7.11. The van der Waals surface area contributed by atoms with Crippen LogP contribution in [0.25, 0.3) is 0 Å². The number of rotatable bonds is 5. The van der Waals surface area contributed by atoms with E-state index in [1.54, 1.807) is 31.4 Å². The molecule has 0 fully saturated rings. The standard InChI is InChI=1S/C18H20O6/c1-11-9-14(17(19)22-3)15(18(20)23-4)10-16(11)24-13-7-5-12(21-2)6-8-13/h5-8H,9-10H2,1-4H3. The van der Waals surface area contributed by atoms with Crippen LogP contribution in [0.5, 0.6) is 11.5 Å². The van der Waals surface area contributed by atoms with Crippen molar-refractivity contribution in [2.75, 3.05) is 21.3 Å². The molecule has 0 saturated carbocycles. The molecule has 1 aromatic carbocycles. The molecular formula is C18H20O6. The molecule has 0 aromatic heterocycles. The van der Waals surface area contributed by atoms with E-state index in [1.807, 2.05) is 6.92 Å². The normalized spacial score (nSPS) is 14.3. The predicted octanol–water partition coefficient (Wildman–Crippen LogP) is 2.78. The number of hydrogen-bond acceptors (Lipinski definition) is 6. The van der Waals surface area contributed by atoms with Gasteiger partial charge >= 0.3 is 11.9 Å². The summed E-state index contributed by atoms with van der Waals surface area (Å²) in [6.45, 7) is 1.86. The summed E-state index contributed by atoms with van der Waals surface area (Å²) in [6.07, 6.45) is 0.456. The maximum atomic E-state index is 12.0. The van der Waals surface area contributed by atoms with Crippen molar-refractivity contribution in [3.05, 3.63) is 46.7 Å². The van der Waals surface area contributed by atoms with Crippen molar-refractivity contribution >= 4 is 11.9 Å². The lowest BCUT2D eigenvalue weighted by Gasteiger charge is -2.22. The maximum absolute atomic E-state index is 12.0. The molecule has 1 aliphatic rings. The Kier molecular flexibility index (Phi) is 5.63. The molecule has 2 rings (SSSR count). The minimum atomic E-state index is -0.557. The number of hydrogen-bond donors (Lipinski definition) is 0. The number of esters is 2. The van der Waals surface area contributed by atoms with Crippen LogP contribution in [0.3, 0.4) is 0 Å². The Morgan fingerprint density at radius 3 is 1.83 bits per heavy atom. The average molecular weight is 332 g/mol. The molecule has 0 spiro atoms. The SMILES string of the molecule is COC(=O)C1=C(C(=O)OC)CC(Oc2ccc(OC)cc2)=C(C)C1. The first-order valence-corrected chi connectivity index (χ1v) is 7.39. The second-order valence-electron chi connectivity index (χ2n) is 5.27. The van der Waals surface area contributed by atoms with Crippen LogP contribution in [0.15, 0.2) is 46.7 Å². The highest BCUT2D eigenvalue weighted by Crippen LogP contribution is 2.33. The molecule has 128 valence electrons. The number of benzene rings is 1. The van der Waals surface area contributed by atoms with Crippen LogP contribution < -0.4 is 9.47 Å². The number of carbonyl (C=O) groups excluding carboxylic acids is 2. The van der Waals surface area contributed by atoms with Gasteiger partial charge in [0.1, 0.15) is 17.3 Å². The zero-order valence-corrected chi connectivity index (χ0v) is 14.2. The Labute approximate surface area is 140 Å². The average Bonchev–Trinajstić information content (AvgIpc) is 2.62. The smallest absolute Gasteiger partial charge is 0.334 e. The third-order valence-corrected chi connectivity index (χ3v) is 3.78. The second-order valence-corrected chi connectivity index (χ2v) is 5.27. The van der Waals surface area contributed by atoms with Crippen molar-refractivity contribution in [2.24, 2.45) is 0 Å². The van der Waals surface area contributed by atoms with Crippen molar-refractivity contribution in [3.63, 3.8) is 0 Å². The third kappa shape index (κ3) is 3.76. The molecule has 0 atom stereocenters. The van der Waals surface area contributed by atoms with Crippen LogP contribution in [0, 0.1) is 0 Å². The summed E-state index contributed by atoms with van der Waals surface area (Å²) >= 11 is 0. The molecule has 0 amide bonds. The van der Waals surface area contributed by atoms with Crippen molar-refractivity contribution in [1.82, 2.24) is 0 Å². The van der Waals surface area contributed by atoms with E-state index in [2.05, 4.69) is 0 Å². The van der Waals surface area contributed by atoms with E-state index in [0.717, 1.165) is 11.3 Å². The summed E-state index contributed by atoms with van der Waals surface area (Å²) in [7, 11) is 4.15. The lowest BCUT2D eigenvalue weighted by atomic mass is 9.90. The van der Waals surface area contributed by atoms with Gasteiger partial charge < -0.3 is 18.9 Å². The first-order valence-electron chi connectivity index (χ1n) is 7.39. The Morgan fingerprint density at radius 1 is 0.833 bits per heavy atom. The number of ether oxygens (including phenoxy) is 4. The lowest BCUT2D eigenvalue weighted by Crippen LogP contribution is -2.20. The molecule has 0 N–H and O–H groups in total. The fraction of sp³-hybridized carbons (Fsp3) is 0.333. The molecule has 1 aromatic rings. The third-order valence-electron chi connectivity index (χ3n) is 3.78. The van der Waals surface area contributed by atoms with Crippen LogP contribution in [-0.2, 0) is 19.1 Å². The number of methoxy groups -OCH3 is 3. The topological polar surface area (TPSA) is 71.1 Å². The number of carbonyl (C=O) groups is 2. The van der Waals surface area contributed by atoms with Crippen LogP contribution in [0.2, 0.25) is 0 Å². The Hall–Kier alpha value is -2.76. The van der Waals surface area contributed by atoms with Crippen molar-refractivity contribution < 1.29 is 28.5 Å². The Balaban J connectivity index is 2.25. The molecule has 0 unspecified atom stereocenters. The summed E-state index contributed by atoms with van der Waals surface area (Å²) < 4.78 is 20.5. The number of allylic oxidation sites excluding steroid dienone is 2. The summed E-state index contributed by atoms with van der Waals surface area (Å²) in [5.74, 6) is 0.876. The van der Waals surface area contributed by atoms with Gasteiger partial charge in [0, 0.05) is 12.8 Å². The first kappa shape index (κ1) is 17.6. The molecule has 24 heavy (non-hydrogen) atoms. The minimum absolute atomic E-state index is 0.176. The van der Waals surface area contributed by atoms with Crippen LogP contribution in [0.1, 0.15) is 19.8 Å². The molecule has 0 radical (unpaired) electrons. The van der Waals surface area contributed by atoms with Gasteiger partial charge in [-0.25, -0.2) is 9.59 Å². The first-order chi connectivity index (χ1) is 11.5. The van der Waals surface area contributed by atoms with Gasteiger partial charge in [-0.2, -0.15) is 0 Å². The van der Waals surface area contributed by atoms with E-state index >= 15 is 0 Å². The van der Waals surface area contributed by atoms with Crippen molar-refractivity contribution in [1.29, 1.82) is 0 Å². The molecule has 0 aliphatic heterocycles. The van der Waals surface area contributed by atoms with Crippen molar-refractivity contribution in [3.8, 4) is 11.5 Å². The van der Waals surface area contributed by atoms with Crippen LogP contribution >= 0.6 is 0 Å². The molecule has 0 saturated heterocycles. The van der Waals surface area contributed by atoms with E-state index in [0.29, 0.717) is 17.1 Å². The molecular weight excluding hydrogens is 312 g/mol. The van der Waals surface area contributed by atoms with Crippen LogP contribution in [-0.4, -0.2) is 33.3 Å². The van der Waals surface area contributed by atoms with Gasteiger partial charge in [0.2, 0.25) is 0 Å². The zero-order chi connectivity index (χ0) is 17.7. The highest BCUT2D eigenvalue weighted by Gasteiger charge is 2.29. The van der Waals surface area contributed by atoms with Gasteiger partial charge in [-0.05, 0) is 36.8 Å². The van der Waals surface area contributed by atoms with Gasteiger partial charge in [0.05, 0.1) is 32.5 Å². The quantitative estimate of drug-likeness (QED) is 0.772. The lowest BCUT2D eigenvalue weighted by molar-refractivity contribution is -0.139. The zero-order valence-electron chi connectivity index (χ0n) is 14.2. The van der Waals surface area contributed by atoms with Gasteiger partial charge in [0.15, 0.2) is 0 Å². The van der Waals surface area contributed by atoms with Crippen molar-refractivity contribution in [2.45, 2.75) is 19.8 Å². The summed E-state index contributed by atoms with van der Waals surface area (Å²) in [4.78, 5) is 23.9. The van der Waals surface area contributed by atoms with E-state index in [4.69, 9.17) is 18.9 Å². The fourth-order valence-corrected chi connectivity index (χ4v) is 2.43.